The molecule has 1 aromatic heterocycles. The van der Waals surface area contributed by atoms with Crippen molar-refractivity contribution in [1.82, 2.24) is 9.88 Å². The van der Waals surface area contributed by atoms with Crippen LogP contribution in [0.25, 0.3) is 11.1 Å². The number of nitrogens with one attached hydrogen (secondary N) is 1. The van der Waals surface area contributed by atoms with E-state index in [1.807, 2.05) is 48.5 Å². The number of methoxy groups -OCH3 is 1. The molecule has 3 aromatic rings. The molecule has 272 valence electrons. The van der Waals surface area contributed by atoms with Gasteiger partial charge in [0.25, 0.3) is 0 Å². The van der Waals surface area contributed by atoms with Gasteiger partial charge >= 0.3 is 24.3 Å². The zero-order valence-corrected chi connectivity index (χ0v) is 26.4. The molecule has 0 saturated carbocycles. The number of benzene rings is 2. The van der Waals surface area contributed by atoms with Crippen molar-refractivity contribution in [3.05, 3.63) is 66.5 Å². The van der Waals surface area contributed by atoms with E-state index < -0.39 is 24.3 Å². The van der Waals surface area contributed by atoms with Gasteiger partial charge in [-0.2, -0.15) is 26.3 Å². The molecule has 0 bridgehead atoms. The van der Waals surface area contributed by atoms with Crippen molar-refractivity contribution < 1.29 is 69.9 Å². The van der Waals surface area contributed by atoms with Crippen molar-refractivity contribution in [1.29, 1.82) is 0 Å². The molecule has 50 heavy (non-hydrogen) atoms. The number of carbonyl (C=O) groups is 3. The summed E-state index contributed by atoms with van der Waals surface area (Å²) in [4.78, 5) is 37.5. The molecule has 0 radical (unpaired) electrons. The van der Waals surface area contributed by atoms with Crippen LogP contribution in [0.4, 0.5) is 32.0 Å². The zero-order chi connectivity index (χ0) is 36.9. The molecule has 3 heterocycles. The van der Waals surface area contributed by atoms with Gasteiger partial charge in [-0.1, -0.05) is 6.07 Å². The molecular formula is C32H33F6N3O9. The van der Waals surface area contributed by atoms with Gasteiger partial charge in [0.1, 0.15) is 30.5 Å². The Morgan fingerprint density at radius 2 is 1.54 bits per heavy atom. The molecule has 1 unspecified atom stereocenters. The van der Waals surface area contributed by atoms with Gasteiger partial charge in [-0.25, -0.2) is 9.59 Å². The minimum Gasteiger partial charge on any atom is -0.497 e. The van der Waals surface area contributed by atoms with Crippen LogP contribution in [-0.4, -0.2) is 103 Å². The lowest BCUT2D eigenvalue weighted by Gasteiger charge is -2.27. The first kappa shape index (κ1) is 39.3. The molecular weight excluding hydrogens is 684 g/mol. The van der Waals surface area contributed by atoms with E-state index in [1.54, 1.807) is 19.5 Å². The summed E-state index contributed by atoms with van der Waals surface area (Å²) in [6.07, 6.45) is -6.06. The van der Waals surface area contributed by atoms with Gasteiger partial charge in [-0.3, -0.25) is 14.7 Å². The lowest BCUT2D eigenvalue weighted by atomic mass is 9.95. The number of ether oxygens (including phenoxy) is 4. The maximum Gasteiger partial charge on any atom is 0.490 e. The van der Waals surface area contributed by atoms with E-state index in [-0.39, 0.29) is 11.8 Å². The summed E-state index contributed by atoms with van der Waals surface area (Å²) in [6.45, 7) is 4.94. The molecule has 2 aliphatic rings. The number of hydrogen-bond donors (Lipinski definition) is 3. The molecule has 1 amide bonds. The lowest BCUT2D eigenvalue weighted by Crippen LogP contribution is -2.38. The third-order valence-electron chi connectivity index (χ3n) is 7.05. The SMILES string of the molecule is COc1ccc2c(c1)CC(C(=O)Nc1ccc(-c3ccncc3)cc1OCCN1CCOCC1)CO2.O=C(O)C(F)(F)F.O=C(O)C(F)(F)F. The molecule has 0 aliphatic carbocycles. The highest BCUT2D eigenvalue weighted by atomic mass is 19.4. The van der Waals surface area contributed by atoms with Crippen LogP contribution in [-0.2, 0) is 25.5 Å². The highest BCUT2D eigenvalue weighted by molar-refractivity contribution is 5.95. The van der Waals surface area contributed by atoms with Crippen molar-refractivity contribution in [2.75, 3.05) is 58.5 Å². The van der Waals surface area contributed by atoms with Gasteiger partial charge < -0.3 is 34.5 Å². The van der Waals surface area contributed by atoms with Crippen LogP contribution < -0.4 is 19.5 Å². The number of carboxylic acids is 2. The number of anilines is 1. The van der Waals surface area contributed by atoms with Crippen LogP contribution in [0.3, 0.4) is 0 Å². The van der Waals surface area contributed by atoms with Crippen LogP contribution in [0.15, 0.2) is 60.9 Å². The molecule has 18 heteroatoms. The van der Waals surface area contributed by atoms with E-state index in [9.17, 15) is 31.1 Å². The van der Waals surface area contributed by atoms with Crippen LogP contribution in [0, 0.1) is 5.92 Å². The Hall–Kier alpha value is -5.10. The number of rotatable bonds is 8. The molecule has 2 aromatic carbocycles. The van der Waals surface area contributed by atoms with Crippen LogP contribution in [0.1, 0.15) is 5.56 Å². The molecule has 1 saturated heterocycles. The van der Waals surface area contributed by atoms with Crippen molar-refractivity contribution in [2.45, 2.75) is 18.8 Å². The highest BCUT2D eigenvalue weighted by Gasteiger charge is 2.39. The van der Waals surface area contributed by atoms with Crippen LogP contribution in [0.2, 0.25) is 0 Å². The number of amides is 1. The number of alkyl halides is 6. The first-order valence-corrected chi connectivity index (χ1v) is 14.8. The van der Waals surface area contributed by atoms with Gasteiger partial charge in [0.2, 0.25) is 5.91 Å². The van der Waals surface area contributed by atoms with Crippen molar-refractivity contribution >= 4 is 23.5 Å². The lowest BCUT2D eigenvalue weighted by molar-refractivity contribution is -0.193. The van der Waals surface area contributed by atoms with E-state index in [2.05, 4.69) is 15.2 Å². The number of aromatic nitrogens is 1. The number of morpholine rings is 1. The maximum absolute atomic E-state index is 13.3. The summed E-state index contributed by atoms with van der Waals surface area (Å²) in [6, 6.07) is 15.5. The Labute approximate surface area is 281 Å². The quantitative estimate of drug-likeness (QED) is 0.272. The fourth-order valence-electron chi connectivity index (χ4n) is 4.48. The first-order chi connectivity index (χ1) is 23.6. The van der Waals surface area contributed by atoms with Crippen molar-refractivity contribution in [3.8, 4) is 28.4 Å². The van der Waals surface area contributed by atoms with Crippen molar-refractivity contribution in [3.63, 3.8) is 0 Å². The number of carbonyl (C=O) groups excluding carboxylic acids is 1. The number of aliphatic carboxylic acids is 2. The Morgan fingerprint density at radius 3 is 2.12 bits per heavy atom. The number of carboxylic acid groups (broad SMARTS) is 2. The number of halogens is 6. The van der Waals surface area contributed by atoms with E-state index in [0.29, 0.717) is 31.1 Å². The average Bonchev–Trinajstić information content (AvgIpc) is 3.09. The summed E-state index contributed by atoms with van der Waals surface area (Å²) in [5, 5.41) is 17.3. The minimum absolute atomic E-state index is 0.0989. The van der Waals surface area contributed by atoms with Gasteiger partial charge in [-0.15, -0.1) is 0 Å². The third-order valence-corrected chi connectivity index (χ3v) is 7.05. The predicted octanol–water partition coefficient (Wildman–Crippen LogP) is 4.92. The number of hydrogen-bond acceptors (Lipinski definition) is 9. The molecule has 2 aliphatic heterocycles. The summed E-state index contributed by atoms with van der Waals surface area (Å²) in [5.74, 6) is -3.73. The first-order valence-electron chi connectivity index (χ1n) is 14.8. The number of fused-ring (bicyclic) bond motifs is 1. The average molecular weight is 718 g/mol. The third kappa shape index (κ3) is 12.4. The molecule has 3 N–H and O–H groups in total. The summed E-state index contributed by atoms with van der Waals surface area (Å²) in [7, 11) is 1.63. The largest absolute Gasteiger partial charge is 0.497 e. The van der Waals surface area contributed by atoms with Crippen LogP contribution in [0.5, 0.6) is 17.2 Å². The van der Waals surface area contributed by atoms with Gasteiger partial charge in [-0.05, 0) is 65.6 Å². The maximum atomic E-state index is 13.3. The minimum atomic E-state index is -5.08. The van der Waals surface area contributed by atoms with E-state index in [0.717, 1.165) is 61.0 Å². The monoisotopic (exact) mass is 717 g/mol. The van der Waals surface area contributed by atoms with E-state index in [4.69, 9.17) is 38.7 Å². The Morgan fingerprint density at radius 1 is 0.920 bits per heavy atom. The van der Waals surface area contributed by atoms with Gasteiger partial charge in [0.05, 0.1) is 31.9 Å². The van der Waals surface area contributed by atoms with Crippen LogP contribution >= 0.6 is 0 Å². The number of nitrogens with zero attached hydrogens (tertiary/aromatic N) is 2. The molecule has 12 nitrogen and oxygen atoms in total. The second-order valence-electron chi connectivity index (χ2n) is 10.5. The smallest absolute Gasteiger partial charge is 0.490 e. The summed E-state index contributed by atoms with van der Waals surface area (Å²) in [5.41, 5.74) is 3.65. The van der Waals surface area contributed by atoms with Crippen molar-refractivity contribution in [2.24, 2.45) is 5.92 Å². The standard InChI is InChI=1S/C28H31N3O5.2C2HF3O2/c1-33-24-3-5-26-22(17-24)16-23(19-36-26)28(32)30-25-4-2-21(20-6-8-29-9-7-20)18-27(25)35-15-12-31-10-13-34-14-11-31;2*3-2(4,5)1(6)7/h2-9,17-18,23H,10-16,19H2,1H3,(H,30,32);2*(H,6,7). The fraction of sp³-hybridized carbons (Fsp3) is 0.375. The van der Waals surface area contributed by atoms with E-state index in [1.165, 1.54) is 0 Å². The Bertz CT molecular complexity index is 1560. The second kappa shape index (κ2) is 18.1. The fourth-order valence-corrected chi connectivity index (χ4v) is 4.48. The van der Waals surface area contributed by atoms with Gasteiger partial charge in [0.15, 0.2) is 0 Å². The summed E-state index contributed by atoms with van der Waals surface area (Å²) >= 11 is 0. The molecule has 1 atom stereocenters. The summed E-state index contributed by atoms with van der Waals surface area (Å²) < 4.78 is 86.3. The molecule has 0 spiro atoms. The predicted molar refractivity (Wildman–Crippen MR) is 164 cm³/mol. The Kier molecular flexibility index (Phi) is 14.2. The normalized spacial score (nSPS) is 15.8. The Balaban J connectivity index is 0.000000408. The zero-order valence-electron chi connectivity index (χ0n) is 26.4. The van der Waals surface area contributed by atoms with Gasteiger partial charge in [0, 0.05) is 32.0 Å². The molecule has 1 fully saturated rings. The van der Waals surface area contributed by atoms with E-state index >= 15 is 0 Å². The number of pyridine rings is 1. The highest BCUT2D eigenvalue weighted by Crippen LogP contribution is 2.34. The molecule has 5 rings (SSSR count). The topological polar surface area (TPSA) is 157 Å². The second-order valence-corrected chi connectivity index (χ2v) is 10.5.